The summed E-state index contributed by atoms with van der Waals surface area (Å²) in [5, 5.41) is 9.93. The van der Waals surface area contributed by atoms with Crippen molar-refractivity contribution in [1.82, 2.24) is 14.9 Å². The van der Waals surface area contributed by atoms with E-state index in [0.29, 0.717) is 25.9 Å². The summed E-state index contributed by atoms with van der Waals surface area (Å²) in [6, 6.07) is 0. The van der Waals surface area contributed by atoms with Crippen LogP contribution in [0.1, 0.15) is 36.7 Å². The quantitative estimate of drug-likeness (QED) is 0.648. The molecule has 0 bridgehead atoms. The molecule has 0 saturated carbocycles. The highest BCUT2D eigenvalue weighted by Crippen LogP contribution is 2.21. The van der Waals surface area contributed by atoms with Crippen LogP contribution < -0.4 is 5.69 Å². The van der Waals surface area contributed by atoms with Gasteiger partial charge in [-0.2, -0.15) is 0 Å². The molecule has 1 aliphatic heterocycles. The van der Waals surface area contributed by atoms with Crippen LogP contribution >= 0.6 is 0 Å². The molecule has 6 nitrogen and oxygen atoms in total. The number of hydrogen-bond donors (Lipinski definition) is 3. The highest BCUT2D eigenvalue weighted by Gasteiger charge is 2.27. The highest BCUT2D eigenvalue weighted by molar-refractivity contribution is 5.92. The first-order valence-corrected chi connectivity index (χ1v) is 5.77. The van der Waals surface area contributed by atoms with Crippen molar-refractivity contribution in [3.63, 3.8) is 0 Å². The first kappa shape index (κ1) is 11.9. The minimum atomic E-state index is -0.694. The van der Waals surface area contributed by atoms with Gasteiger partial charge in [0.2, 0.25) is 0 Å². The van der Waals surface area contributed by atoms with E-state index in [1.165, 1.54) is 6.20 Å². The van der Waals surface area contributed by atoms with E-state index in [2.05, 4.69) is 9.97 Å². The Labute approximate surface area is 98.7 Å². The maximum atomic E-state index is 12.0. The lowest BCUT2D eigenvalue weighted by molar-refractivity contribution is 0.0437. The van der Waals surface area contributed by atoms with Crippen LogP contribution in [0.25, 0.3) is 0 Å². The number of imidazole rings is 1. The Hall–Kier alpha value is -1.56. The molecule has 0 spiro atoms. The normalized spacial score (nSPS) is 25.6. The molecule has 1 amide bonds. The van der Waals surface area contributed by atoms with Gasteiger partial charge in [0.05, 0.1) is 5.60 Å². The maximum Gasteiger partial charge on any atom is 0.323 e. The average molecular weight is 239 g/mol. The molecule has 2 heterocycles. The van der Waals surface area contributed by atoms with Gasteiger partial charge in [0.1, 0.15) is 5.69 Å². The van der Waals surface area contributed by atoms with Crippen molar-refractivity contribution in [3.8, 4) is 0 Å². The summed E-state index contributed by atoms with van der Waals surface area (Å²) in [4.78, 5) is 29.5. The summed E-state index contributed by atoms with van der Waals surface area (Å²) in [5.41, 5.74) is -0.799. The second-order valence-corrected chi connectivity index (χ2v) is 4.80. The summed E-state index contributed by atoms with van der Waals surface area (Å²) in [5.74, 6) is -0.193. The van der Waals surface area contributed by atoms with E-state index < -0.39 is 5.60 Å². The maximum absolute atomic E-state index is 12.0. The first-order chi connectivity index (χ1) is 7.98. The zero-order valence-electron chi connectivity index (χ0n) is 9.82. The smallest absolute Gasteiger partial charge is 0.323 e. The Kier molecular flexibility index (Phi) is 3.06. The SMILES string of the molecule is CC1(O)CCCN(C(=O)c2c[nH]c(=O)[nH]2)CC1. The number of aromatic nitrogens is 2. The monoisotopic (exact) mass is 239 g/mol. The number of carbonyl (C=O) groups is 1. The predicted molar refractivity (Wildman–Crippen MR) is 61.8 cm³/mol. The molecular formula is C11H17N3O3. The number of carbonyl (C=O) groups excluding carboxylic acids is 1. The first-order valence-electron chi connectivity index (χ1n) is 5.77. The number of amides is 1. The predicted octanol–water partition coefficient (Wildman–Crippen LogP) is 0.0801. The molecular weight excluding hydrogens is 222 g/mol. The largest absolute Gasteiger partial charge is 0.390 e. The minimum absolute atomic E-state index is 0.193. The van der Waals surface area contributed by atoms with Crippen LogP contribution in [0.15, 0.2) is 11.0 Å². The van der Waals surface area contributed by atoms with E-state index in [1.807, 2.05) is 0 Å². The summed E-state index contributed by atoms with van der Waals surface area (Å²) in [6.07, 6.45) is 3.41. The number of nitrogens with one attached hydrogen (secondary N) is 2. The third-order valence-electron chi connectivity index (χ3n) is 3.18. The fourth-order valence-corrected chi connectivity index (χ4v) is 2.08. The Morgan fingerprint density at radius 2 is 2.24 bits per heavy atom. The van der Waals surface area contributed by atoms with Crippen LogP contribution in [0.4, 0.5) is 0 Å². The third kappa shape index (κ3) is 2.76. The van der Waals surface area contributed by atoms with Crippen molar-refractivity contribution < 1.29 is 9.90 Å². The number of likely N-dealkylation sites (tertiary alicyclic amines) is 1. The zero-order valence-corrected chi connectivity index (χ0v) is 9.82. The van der Waals surface area contributed by atoms with E-state index in [1.54, 1.807) is 11.8 Å². The molecule has 1 aliphatic rings. The number of aliphatic hydroxyl groups is 1. The van der Waals surface area contributed by atoms with Crippen LogP contribution in [0.3, 0.4) is 0 Å². The molecule has 0 radical (unpaired) electrons. The Morgan fingerprint density at radius 1 is 1.47 bits per heavy atom. The molecule has 1 aromatic rings. The Bertz CT molecular complexity index is 461. The zero-order chi connectivity index (χ0) is 12.5. The number of nitrogens with zero attached hydrogens (tertiary/aromatic N) is 1. The van der Waals surface area contributed by atoms with Gasteiger partial charge < -0.3 is 20.0 Å². The lowest BCUT2D eigenvalue weighted by Gasteiger charge is -2.22. The van der Waals surface area contributed by atoms with E-state index in [9.17, 15) is 14.7 Å². The van der Waals surface area contributed by atoms with Gasteiger partial charge in [0, 0.05) is 19.3 Å². The Balaban J connectivity index is 2.08. The molecule has 1 aromatic heterocycles. The number of H-pyrrole nitrogens is 2. The molecule has 94 valence electrons. The molecule has 1 fully saturated rings. The second-order valence-electron chi connectivity index (χ2n) is 4.80. The van der Waals surface area contributed by atoms with Crippen LogP contribution in [0.5, 0.6) is 0 Å². The second kappa shape index (κ2) is 4.37. The van der Waals surface area contributed by atoms with Gasteiger partial charge in [-0.3, -0.25) is 4.79 Å². The van der Waals surface area contributed by atoms with E-state index in [4.69, 9.17) is 0 Å². The standard InChI is InChI=1S/C11H17N3O3/c1-11(17)3-2-5-14(6-4-11)9(15)8-7-12-10(16)13-8/h7,17H,2-6H2,1H3,(H2,12,13,16). The molecule has 1 atom stereocenters. The van der Waals surface area contributed by atoms with Crippen molar-refractivity contribution in [2.24, 2.45) is 0 Å². The van der Waals surface area contributed by atoms with Gasteiger partial charge in [0.25, 0.3) is 5.91 Å². The van der Waals surface area contributed by atoms with Gasteiger partial charge in [0.15, 0.2) is 0 Å². The lowest BCUT2D eigenvalue weighted by Crippen LogP contribution is -2.33. The van der Waals surface area contributed by atoms with Crippen LogP contribution in [-0.2, 0) is 0 Å². The number of aromatic amines is 2. The van der Waals surface area contributed by atoms with Gasteiger partial charge in [-0.25, -0.2) is 4.79 Å². The van der Waals surface area contributed by atoms with Crippen molar-refractivity contribution >= 4 is 5.91 Å². The minimum Gasteiger partial charge on any atom is -0.390 e. The van der Waals surface area contributed by atoms with E-state index >= 15 is 0 Å². The van der Waals surface area contributed by atoms with Crippen LogP contribution in [0, 0.1) is 0 Å². The highest BCUT2D eigenvalue weighted by atomic mass is 16.3. The summed E-state index contributed by atoms with van der Waals surface area (Å²) in [7, 11) is 0. The third-order valence-corrected chi connectivity index (χ3v) is 3.18. The molecule has 6 heteroatoms. The van der Waals surface area contributed by atoms with Crippen molar-refractivity contribution in [2.75, 3.05) is 13.1 Å². The van der Waals surface area contributed by atoms with Gasteiger partial charge in [-0.15, -0.1) is 0 Å². The summed E-state index contributed by atoms with van der Waals surface area (Å²) >= 11 is 0. The molecule has 17 heavy (non-hydrogen) atoms. The van der Waals surface area contributed by atoms with Crippen LogP contribution in [-0.4, -0.2) is 44.6 Å². The molecule has 1 unspecified atom stereocenters. The fraction of sp³-hybridized carbons (Fsp3) is 0.636. The summed E-state index contributed by atoms with van der Waals surface area (Å²) in [6.45, 7) is 2.92. The average Bonchev–Trinajstić information content (AvgIpc) is 2.60. The molecule has 1 saturated heterocycles. The summed E-state index contributed by atoms with van der Waals surface area (Å²) < 4.78 is 0. The fourth-order valence-electron chi connectivity index (χ4n) is 2.08. The Morgan fingerprint density at radius 3 is 2.88 bits per heavy atom. The van der Waals surface area contributed by atoms with Gasteiger partial charge in [-0.1, -0.05) is 0 Å². The van der Waals surface area contributed by atoms with Crippen molar-refractivity contribution in [1.29, 1.82) is 0 Å². The van der Waals surface area contributed by atoms with Crippen molar-refractivity contribution in [3.05, 3.63) is 22.4 Å². The molecule has 0 aromatic carbocycles. The van der Waals surface area contributed by atoms with Crippen molar-refractivity contribution in [2.45, 2.75) is 31.8 Å². The van der Waals surface area contributed by atoms with Crippen LogP contribution in [0.2, 0.25) is 0 Å². The topological polar surface area (TPSA) is 89.2 Å². The molecule has 2 rings (SSSR count). The van der Waals surface area contributed by atoms with E-state index in [0.717, 1.165) is 6.42 Å². The molecule has 3 N–H and O–H groups in total. The number of hydrogen-bond acceptors (Lipinski definition) is 3. The van der Waals surface area contributed by atoms with Gasteiger partial charge >= 0.3 is 5.69 Å². The van der Waals surface area contributed by atoms with E-state index in [-0.39, 0.29) is 17.3 Å². The lowest BCUT2D eigenvalue weighted by atomic mass is 9.98. The van der Waals surface area contributed by atoms with Gasteiger partial charge in [-0.05, 0) is 26.2 Å². The molecule has 0 aliphatic carbocycles. The number of rotatable bonds is 1.